The fraction of sp³-hybridized carbons (Fsp3) is 0.364. The van der Waals surface area contributed by atoms with Crippen molar-refractivity contribution in [3.63, 3.8) is 0 Å². The molecule has 0 aromatic heterocycles. The summed E-state index contributed by atoms with van der Waals surface area (Å²) in [6.45, 7) is 0.199. The largest absolute Gasteiger partial charge is 0.504 e. The number of phenolic OH excluding ortho intramolecular Hbond substituents is 1. The van der Waals surface area contributed by atoms with Crippen LogP contribution in [0.1, 0.15) is 22.0 Å². The molecular formula is C11H14FNO4. The average Bonchev–Trinajstić information content (AvgIpc) is 2.31. The van der Waals surface area contributed by atoms with E-state index < -0.39 is 23.6 Å². The van der Waals surface area contributed by atoms with Gasteiger partial charge in [-0.25, -0.2) is 9.18 Å². The number of hydrogen-bond acceptors (Lipinski definition) is 5. The summed E-state index contributed by atoms with van der Waals surface area (Å²) in [5.74, 6) is -2.62. The lowest BCUT2D eigenvalue weighted by Crippen LogP contribution is -2.17. The van der Waals surface area contributed by atoms with E-state index in [9.17, 15) is 19.4 Å². The number of benzene rings is 1. The summed E-state index contributed by atoms with van der Waals surface area (Å²) >= 11 is 0. The van der Waals surface area contributed by atoms with Crippen molar-refractivity contribution >= 4 is 5.97 Å². The second kappa shape index (κ2) is 5.60. The van der Waals surface area contributed by atoms with Gasteiger partial charge in [0.05, 0.1) is 13.2 Å². The zero-order valence-electron chi connectivity index (χ0n) is 9.53. The van der Waals surface area contributed by atoms with Gasteiger partial charge in [-0.15, -0.1) is 0 Å². The molecule has 0 heterocycles. The van der Waals surface area contributed by atoms with Gasteiger partial charge in [0.2, 0.25) is 0 Å². The minimum atomic E-state index is -0.974. The number of aliphatic hydroxyl groups excluding tert-OH is 1. The second-order valence-electron chi connectivity index (χ2n) is 3.46. The molecule has 0 aliphatic heterocycles. The van der Waals surface area contributed by atoms with Gasteiger partial charge >= 0.3 is 5.97 Å². The highest BCUT2D eigenvalue weighted by Gasteiger charge is 2.19. The second-order valence-corrected chi connectivity index (χ2v) is 3.46. The van der Waals surface area contributed by atoms with Crippen LogP contribution in [0.3, 0.4) is 0 Å². The third-order valence-corrected chi connectivity index (χ3v) is 2.27. The number of phenols is 1. The molecule has 1 atom stereocenters. The summed E-state index contributed by atoms with van der Waals surface area (Å²) in [4.78, 5) is 11.3. The summed E-state index contributed by atoms with van der Waals surface area (Å²) in [6.07, 6.45) is -0.974. The minimum absolute atomic E-state index is 0.190. The third kappa shape index (κ3) is 2.92. The third-order valence-electron chi connectivity index (χ3n) is 2.27. The monoisotopic (exact) mass is 243 g/mol. The first-order valence-electron chi connectivity index (χ1n) is 4.94. The van der Waals surface area contributed by atoms with E-state index in [1.165, 1.54) is 6.07 Å². The molecule has 1 aromatic carbocycles. The Bertz CT molecular complexity index is 422. The lowest BCUT2D eigenvalue weighted by Gasteiger charge is -2.12. The molecule has 94 valence electrons. The fourth-order valence-electron chi connectivity index (χ4n) is 1.39. The molecule has 17 heavy (non-hydrogen) atoms. The number of carbonyl (C=O) groups is 1. The molecule has 1 aromatic rings. The molecule has 5 nitrogen and oxygen atoms in total. The van der Waals surface area contributed by atoms with Crippen LogP contribution in [0.5, 0.6) is 5.75 Å². The standard InChI is InChI=1S/C11H14FNO4/c1-13-5-9(14)6-3-7(11(16)17-2)10(15)8(12)4-6/h3-4,9,13-15H,5H2,1-2H3. The van der Waals surface area contributed by atoms with Gasteiger partial charge in [-0.2, -0.15) is 0 Å². The predicted octanol–water partition coefficient (Wildman–Crippen LogP) is 0.571. The van der Waals surface area contributed by atoms with Gasteiger partial charge in [-0.05, 0) is 24.7 Å². The first kappa shape index (κ1) is 13.4. The van der Waals surface area contributed by atoms with Crippen molar-refractivity contribution in [3.8, 4) is 5.75 Å². The summed E-state index contributed by atoms with van der Waals surface area (Å²) < 4.78 is 17.8. The van der Waals surface area contributed by atoms with Crippen molar-refractivity contribution in [3.05, 3.63) is 29.1 Å². The van der Waals surface area contributed by atoms with E-state index in [4.69, 9.17) is 0 Å². The van der Waals surface area contributed by atoms with Crippen LogP contribution in [0, 0.1) is 5.82 Å². The number of rotatable bonds is 4. The number of methoxy groups -OCH3 is 1. The van der Waals surface area contributed by atoms with Gasteiger partial charge in [0, 0.05) is 6.54 Å². The molecule has 1 unspecified atom stereocenters. The molecule has 0 fully saturated rings. The Morgan fingerprint density at radius 1 is 1.59 bits per heavy atom. The summed E-state index contributed by atoms with van der Waals surface area (Å²) in [5, 5.41) is 21.7. The number of likely N-dealkylation sites (N-methyl/N-ethyl adjacent to an activating group) is 1. The van der Waals surface area contributed by atoms with Gasteiger partial charge < -0.3 is 20.3 Å². The van der Waals surface area contributed by atoms with Gasteiger partial charge in [-0.3, -0.25) is 0 Å². The van der Waals surface area contributed by atoms with Crippen molar-refractivity contribution in [2.24, 2.45) is 0 Å². The number of halogens is 1. The van der Waals surface area contributed by atoms with Crippen molar-refractivity contribution < 1.29 is 24.1 Å². The van der Waals surface area contributed by atoms with Gasteiger partial charge in [0.15, 0.2) is 11.6 Å². The van der Waals surface area contributed by atoms with Crippen LogP contribution < -0.4 is 5.32 Å². The molecule has 0 saturated heterocycles. The van der Waals surface area contributed by atoms with Crippen molar-refractivity contribution in [1.29, 1.82) is 0 Å². The number of hydrogen-bond donors (Lipinski definition) is 3. The zero-order chi connectivity index (χ0) is 13.0. The van der Waals surface area contributed by atoms with Crippen LogP contribution in [0.4, 0.5) is 4.39 Å². The molecule has 1 rings (SSSR count). The molecule has 0 aliphatic rings. The molecular weight excluding hydrogens is 229 g/mol. The SMILES string of the molecule is CNCC(O)c1cc(F)c(O)c(C(=O)OC)c1. The Morgan fingerprint density at radius 2 is 2.24 bits per heavy atom. The number of ether oxygens (including phenoxy) is 1. The Labute approximate surface area is 97.8 Å². The molecule has 0 aliphatic carbocycles. The van der Waals surface area contributed by atoms with Crippen LogP contribution >= 0.6 is 0 Å². The quantitative estimate of drug-likeness (QED) is 0.674. The zero-order valence-corrected chi connectivity index (χ0v) is 9.53. The molecule has 0 saturated carbocycles. The Kier molecular flexibility index (Phi) is 4.42. The minimum Gasteiger partial charge on any atom is -0.504 e. The number of aromatic hydroxyl groups is 1. The predicted molar refractivity (Wildman–Crippen MR) is 58.3 cm³/mol. The number of esters is 1. The van der Waals surface area contributed by atoms with Crippen LogP contribution in [0.25, 0.3) is 0 Å². The Hall–Kier alpha value is -1.66. The molecule has 0 bridgehead atoms. The number of nitrogens with one attached hydrogen (secondary N) is 1. The Morgan fingerprint density at radius 3 is 2.76 bits per heavy atom. The molecule has 6 heteroatoms. The van der Waals surface area contributed by atoms with Crippen molar-refractivity contribution in [2.45, 2.75) is 6.10 Å². The van der Waals surface area contributed by atoms with Crippen LogP contribution in [0.15, 0.2) is 12.1 Å². The van der Waals surface area contributed by atoms with Gasteiger partial charge in [0.1, 0.15) is 5.56 Å². The maximum absolute atomic E-state index is 13.3. The fourth-order valence-corrected chi connectivity index (χ4v) is 1.39. The Balaban J connectivity index is 3.18. The summed E-state index contributed by atoms with van der Waals surface area (Å²) in [5.41, 5.74) is -0.118. The van der Waals surface area contributed by atoms with Gasteiger partial charge in [-0.1, -0.05) is 0 Å². The van der Waals surface area contributed by atoms with E-state index in [1.807, 2.05) is 0 Å². The van der Waals surface area contributed by atoms with E-state index in [0.29, 0.717) is 0 Å². The van der Waals surface area contributed by atoms with Crippen LogP contribution in [0.2, 0.25) is 0 Å². The lowest BCUT2D eigenvalue weighted by molar-refractivity contribution is 0.0596. The summed E-state index contributed by atoms with van der Waals surface area (Å²) in [7, 11) is 2.75. The van der Waals surface area contributed by atoms with E-state index in [1.54, 1.807) is 7.05 Å². The van der Waals surface area contributed by atoms with Crippen LogP contribution in [-0.2, 0) is 4.74 Å². The van der Waals surface area contributed by atoms with Crippen molar-refractivity contribution in [1.82, 2.24) is 5.32 Å². The van der Waals surface area contributed by atoms with E-state index in [2.05, 4.69) is 10.1 Å². The normalized spacial score (nSPS) is 12.2. The van der Waals surface area contributed by atoms with Gasteiger partial charge in [0.25, 0.3) is 0 Å². The highest BCUT2D eigenvalue weighted by Crippen LogP contribution is 2.26. The van der Waals surface area contributed by atoms with E-state index in [0.717, 1.165) is 13.2 Å². The van der Waals surface area contributed by atoms with E-state index >= 15 is 0 Å². The van der Waals surface area contributed by atoms with E-state index in [-0.39, 0.29) is 17.7 Å². The highest BCUT2D eigenvalue weighted by atomic mass is 19.1. The number of carbonyl (C=O) groups excluding carboxylic acids is 1. The number of aliphatic hydroxyl groups is 1. The molecule has 0 spiro atoms. The first-order chi connectivity index (χ1) is 8.01. The van der Waals surface area contributed by atoms with Crippen molar-refractivity contribution in [2.75, 3.05) is 20.7 Å². The molecule has 3 N–H and O–H groups in total. The maximum atomic E-state index is 13.3. The molecule has 0 amide bonds. The summed E-state index contributed by atoms with van der Waals surface area (Å²) in [6, 6.07) is 2.18. The maximum Gasteiger partial charge on any atom is 0.341 e. The smallest absolute Gasteiger partial charge is 0.341 e. The van der Waals surface area contributed by atoms with Crippen LogP contribution in [-0.4, -0.2) is 36.9 Å². The highest BCUT2D eigenvalue weighted by molar-refractivity contribution is 5.92. The lowest BCUT2D eigenvalue weighted by atomic mass is 10.0. The average molecular weight is 243 g/mol. The first-order valence-corrected chi connectivity index (χ1v) is 4.94. The molecule has 0 radical (unpaired) electrons. The topological polar surface area (TPSA) is 78.8 Å².